The maximum absolute atomic E-state index is 13.5. The molecule has 0 aliphatic heterocycles. The molecule has 1 aromatic carbocycles. The third-order valence-corrected chi connectivity index (χ3v) is 4.00. The van der Waals surface area contributed by atoms with Crippen molar-refractivity contribution in [1.29, 1.82) is 0 Å². The summed E-state index contributed by atoms with van der Waals surface area (Å²) in [7, 11) is 0. The molecule has 1 atom stereocenters. The summed E-state index contributed by atoms with van der Waals surface area (Å²) in [6, 6.07) is 5.64. The molecule has 0 amide bonds. The van der Waals surface area contributed by atoms with Gasteiger partial charge in [0.15, 0.2) is 0 Å². The van der Waals surface area contributed by atoms with Crippen LogP contribution in [0.2, 0.25) is 0 Å². The number of benzene rings is 1. The molecule has 0 fully saturated rings. The molecule has 3 rings (SSSR count). The molecule has 2 nitrogen and oxygen atoms in total. The molecule has 17 heavy (non-hydrogen) atoms. The van der Waals surface area contributed by atoms with E-state index < -0.39 is 0 Å². The Kier molecular flexibility index (Phi) is 2.91. The van der Waals surface area contributed by atoms with Crippen LogP contribution in [0, 0.1) is 5.82 Å². The zero-order valence-electron chi connectivity index (χ0n) is 9.32. The summed E-state index contributed by atoms with van der Waals surface area (Å²) < 4.78 is 13.5. The Balaban J connectivity index is 1.73. The first-order valence-corrected chi connectivity index (χ1v) is 6.60. The normalized spacial score (nSPS) is 18.3. The Hall–Kier alpha value is -1.26. The van der Waals surface area contributed by atoms with E-state index in [9.17, 15) is 4.39 Å². The second-order valence-electron chi connectivity index (χ2n) is 4.25. The highest BCUT2D eigenvalue weighted by Gasteiger charge is 2.24. The smallest absolute Gasteiger partial charge is 0.126 e. The molecule has 0 spiro atoms. The van der Waals surface area contributed by atoms with Gasteiger partial charge in [0.25, 0.3) is 0 Å². The van der Waals surface area contributed by atoms with E-state index in [4.69, 9.17) is 0 Å². The Morgan fingerprint density at radius 2 is 2.41 bits per heavy atom. The van der Waals surface area contributed by atoms with Gasteiger partial charge in [0.2, 0.25) is 0 Å². The predicted octanol–water partition coefficient (Wildman–Crippen LogP) is 3.06. The van der Waals surface area contributed by atoms with Crippen LogP contribution in [0.15, 0.2) is 29.9 Å². The standard InChI is InChI=1S/C13H13FN2S/c14-12-3-1-2-11-10(12)4-5-13(11)16-7-9-6-15-8-17-9/h1-3,6,8,13,16H,4-5,7H2. The molecular formula is C13H13FN2S. The lowest BCUT2D eigenvalue weighted by atomic mass is 10.1. The Morgan fingerprint density at radius 3 is 3.24 bits per heavy atom. The lowest BCUT2D eigenvalue weighted by molar-refractivity contribution is 0.533. The largest absolute Gasteiger partial charge is 0.305 e. The van der Waals surface area contributed by atoms with Crippen LogP contribution in [0.1, 0.15) is 28.5 Å². The number of hydrogen-bond acceptors (Lipinski definition) is 3. The van der Waals surface area contributed by atoms with Crippen molar-refractivity contribution in [2.75, 3.05) is 0 Å². The zero-order valence-corrected chi connectivity index (χ0v) is 10.1. The van der Waals surface area contributed by atoms with E-state index in [1.54, 1.807) is 23.5 Å². The van der Waals surface area contributed by atoms with E-state index in [1.165, 1.54) is 4.88 Å². The van der Waals surface area contributed by atoms with Gasteiger partial charge in [0.1, 0.15) is 5.82 Å². The fourth-order valence-corrected chi connectivity index (χ4v) is 2.92. The van der Waals surface area contributed by atoms with Crippen molar-refractivity contribution >= 4 is 11.3 Å². The number of aromatic nitrogens is 1. The maximum atomic E-state index is 13.5. The first-order chi connectivity index (χ1) is 8.34. The van der Waals surface area contributed by atoms with Crippen LogP contribution in [-0.2, 0) is 13.0 Å². The van der Waals surface area contributed by atoms with Crippen LogP contribution in [-0.4, -0.2) is 4.98 Å². The van der Waals surface area contributed by atoms with Crippen LogP contribution >= 0.6 is 11.3 Å². The molecule has 1 unspecified atom stereocenters. The molecule has 1 aliphatic carbocycles. The van der Waals surface area contributed by atoms with Crippen LogP contribution in [0.25, 0.3) is 0 Å². The van der Waals surface area contributed by atoms with E-state index in [2.05, 4.69) is 10.3 Å². The lowest BCUT2D eigenvalue weighted by Gasteiger charge is -2.13. The summed E-state index contributed by atoms with van der Waals surface area (Å²) in [5, 5.41) is 3.47. The fraction of sp³-hybridized carbons (Fsp3) is 0.308. The van der Waals surface area contributed by atoms with Crippen molar-refractivity contribution in [3.63, 3.8) is 0 Å². The number of fused-ring (bicyclic) bond motifs is 1. The van der Waals surface area contributed by atoms with Crippen molar-refractivity contribution in [1.82, 2.24) is 10.3 Å². The van der Waals surface area contributed by atoms with Gasteiger partial charge in [0.05, 0.1) is 5.51 Å². The SMILES string of the molecule is Fc1cccc2c1CCC2NCc1cncs1. The second kappa shape index (κ2) is 4.55. The van der Waals surface area contributed by atoms with Crippen LogP contribution in [0.4, 0.5) is 4.39 Å². The molecule has 0 saturated heterocycles. The van der Waals surface area contributed by atoms with Gasteiger partial charge in [-0.3, -0.25) is 4.98 Å². The fourth-order valence-electron chi connectivity index (χ4n) is 2.37. The molecule has 1 heterocycles. The Labute approximate surface area is 104 Å². The molecule has 0 saturated carbocycles. The van der Waals surface area contributed by atoms with Crippen molar-refractivity contribution in [3.8, 4) is 0 Å². The molecule has 88 valence electrons. The summed E-state index contributed by atoms with van der Waals surface area (Å²) >= 11 is 1.64. The minimum atomic E-state index is -0.0652. The van der Waals surface area contributed by atoms with Gasteiger partial charge in [-0.15, -0.1) is 11.3 Å². The highest BCUT2D eigenvalue weighted by atomic mass is 32.1. The van der Waals surface area contributed by atoms with E-state index in [-0.39, 0.29) is 11.9 Å². The number of rotatable bonds is 3. The zero-order chi connectivity index (χ0) is 11.7. The average molecular weight is 248 g/mol. The van der Waals surface area contributed by atoms with Gasteiger partial charge in [-0.1, -0.05) is 12.1 Å². The molecule has 4 heteroatoms. The summed E-state index contributed by atoms with van der Waals surface area (Å²) in [5.74, 6) is -0.0652. The van der Waals surface area contributed by atoms with Crippen molar-refractivity contribution < 1.29 is 4.39 Å². The van der Waals surface area contributed by atoms with Gasteiger partial charge in [0, 0.05) is 23.7 Å². The van der Waals surface area contributed by atoms with Gasteiger partial charge in [-0.25, -0.2) is 4.39 Å². The van der Waals surface area contributed by atoms with Crippen molar-refractivity contribution in [3.05, 3.63) is 51.7 Å². The van der Waals surface area contributed by atoms with Gasteiger partial charge >= 0.3 is 0 Å². The summed E-state index contributed by atoms with van der Waals surface area (Å²) in [4.78, 5) is 5.26. The van der Waals surface area contributed by atoms with Crippen LogP contribution in [0.5, 0.6) is 0 Å². The number of hydrogen-bond donors (Lipinski definition) is 1. The average Bonchev–Trinajstić information content (AvgIpc) is 2.95. The lowest BCUT2D eigenvalue weighted by Crippen LogP contribution is -2.18. The van der Waals surface area contributed by atoms with E-state index in [1.807, 2.05) is 17.8 Å². The Morgan fingerprint density at radius 1 is 1.47 bits per heavy atom. The highest BCUT2D eigenvalue weighted by Crippen LogP contribution is 2.32. The summed E-state index contributed by atoms with van der Waals surface area (Å²) in [5.41, 5.74) is 3.84. The van der Waals surface area contributed by atoms with Gasteiger partial charge in [-0.2, -0.15) is 0 Å². The number of nitrogens with one attached hydrogen (secondary N) is 1. The molecule has 1 aromatic heterocycles. The van der Waals surface area contributed by atoms with Crippen molar-refractivity contribution in [2.24, 2.45) is 0 Å². The topological polar surface area (TPSA) is 24.9 Å². The maximum Gasteiger partial charge on any atom is 0.126 e. The molecule has 0 bridgehead atoms. The summed E-state index contributed by atoms with van der Waals surface area (Å²) in [6.07, 6.45) is 3.69. The number of thiazole rings is 1. The van der Waals surface area contributed by atoms with E-state index in [0.29, 0.717) is 0 Å². The van der Waals surface area contributed by atoms with Crippen molar-refractivity contribution in [2.45, 2.75) is 25.4 Å². The second-order valence-corrected chi connectivity index (χ2v) is 5.22. The minimum absolute atomic E-state index is 0.0652. The first kappa shape index (κ1) is 10.9. The van der Waals surface area contributed by atoms with E-state index >= 15 is 0 Å². The van der Waals surface area contributed by atoms with Crippen LogP contribution in [0.3, 0.4) is 0 Å². The predicted molar refractivity (Wildman–Crippen MR) is 66.4 cm³/mol. The van der Waals surface area contributed by atoms with Gasteiger partial charge < -0.3 is 5.32 Å². The first-order valence-electron chi connectivity index (χ1n) is 5.72. The molecular weight excluding hydrogens is 235 g/mol. The van der Waals surface area contributed by atoms with Gasteiger partial charge in [-0.05, 0) is 30.0 Å². The minimum Gasteiger partial charge on any atom is -0.305 e. The third kappa shape index (κ3) is 2.10. The monoisotopic (exact) mass is 248 g/mol. The molecule has 0 radical (unpaired) electrons. The quantitative estimate of drug-likeness (QED) is 0.903. The highest BCUT2D eigenvalue weighted by molar-refractivity contribution is 7.09. The summed E-state index contributed by atoms with van der Waals surface area (Å²) in [6.45, 7) is 0.811. The third-order valence-electron chi connectivity index (χ3n) is 3.22. The number of nitrogens with zero attached hydrogens (tertiary/aromatic N) is 1. The van der Waals surface area contributed by atoms with Crippen LogP contribution < -0.4 is 5.32 Å². The molecule has 1 aliphatic rings. The molecule has 1 N–H and O–H groups in total. The molecule has 2 aromatic rings. The number of halogens is 1. The Bertz CT molecular complexity index is 510. The van der Waals surface area contributed by atoms with E-state index in [0.717, 1.165) is 30.5 Å².